The number of rotatable bonds is 5. The third-order valence-electron chi connectivity index (χ3n) is 4.20. The van der Waals surface area contributed by atoms with Crippen molar-refractivity contribution in [3.63, 3.8) is 0 Å². The lowest BCUT2D eigenvalue weighted by Gasteiger charge is -2.18. The van der Waals surface area contributed by atoms with Crippen molar-refractivity contribution in [1.82, 2.24) is 5.43 Å². The van der Waals surface area contributed by atoms with E-state index in [0.29, 0.717) is 16.2 Å². The van der Waals surface area contributed by atoms with Gasteiger partial charge in [-0.1, -0.05) is 39.0 Å². The predicted octanol–water partition coefficient (Wildman–Crippen LogP) is 5.03. The van der Waals surface area contributed by atoms with Gasteiger partial charge in [0.25, 0.3) is 5.91 Å². The molecule has 6 heteroatoms. The van der Waals surface area contributed by atoms with Gasteiger partial charge in [-0.3, -0.25) is 4.79 Å². The zero-order valence-electron chi connectivity index (χ0n) is 16.5. The number of hydrogen-bond donors (Lipinski definition) is 1. The van der Waals surface area contributed by atoms with Crippen LogP contribution in [-0.2, 0) is 5.41 Å². The molecule has 1 amide bonds. The fourth-order valence-corrected chi connectivity index (χ4v) is 3.14. The number of amides is 1. The maximum Gasteiger partial charge on any atom is 0.343 e. The Balaban J connectivity index is 1.56. The number of hydrazone groups is 1. The van der Waals surface area contributed by atoms with E-state index in [-0.39, 0.29) is 11.3 Å². The molecule has 5 nitrogen and oxygen atoms in total. The Bertz CT molecular complexity index is 1000. The second kappa shape index (κ2) is 8.84. The van der Waals surface area contributed by atoms with E-state index in [1.807, 2.05) is 23.6 Å². The van der Waals surface area contributed by atoms with Crippen LogP contribution in [0, 0.1) is 0 Å². The summed E-state index contributed by atoms with van der Waals surface area (Å²) in [6.45, 7) is 6.37. The lowest BCUT2D eigenvalue weighted by molar-refractivity contribution is 0.0734. The summed E-state index contributed by atoms with van der Waals surface area (Å²) in [4.78, 5) is 24.7. The van der Waals surface area contributed by atoms with Crippen molar-refractivity contribution in [2.75, 3.05) is 0 Å². The Morgan fingerprint density at radius 2 is 1.69 bits per heavy atom. The number of ether oxygens (including phenoxy) is 1. The van der Waals surface area contributed by atoms with Crippen LogP contribution in [0.4, 0.5) is 0 Å². The highest BCUT2D eigenvalue weighted by molar-refractivity contribution is 7.12. The zero-order valence-corrected chi connectivity index (χ0v) is 17.3. The summed E-state index contributed by atoms with van der Waals surface area (Å²) in [5.41, 5.74) is 4.93. The van der Waals surface area contributed by atoms with Gasteiger partial charge in [-0.25, -0.2) is 10.2 Å². The summed E-state index contributed by atoms with van der Waals surface area (Å²) in [5.74, 6) is -0.218. The van der Waals surface area contributed by atoms with Gasteiger partial charge in [0.05, 0.1) is 16.7 Å². The Hall–Kier alpha value is -3.25. The molecule has 1 heterocycles. The summed E-state index contributed by atoms with van der Waals surface area (Å²) < 4.78 is 5.42. The van der Waals surface area contributed by atoms with Gasteiger partial charge < -0.3 is 4.74 Å². The minimum absolute atomic E-state index is 0.0308. The van der Waals surface area contributed by atoms with Crippen molar-refractivity contribution in [3.05, 3.63) is 87.6 Å². The largest absolute Gasteiger partial charge is 0.423 e. The molecular weight excluding hydrogens is 384 g/mol. The SMILES string of the molecule is CC(C)(C)c1ccc(C(=O)Oc2ccc(C=NNC(=O)c3cccs3)cc2)cc1. The van der Waals surface area contributed by atoms with E-state index in [4.69, 9.17) is 4.74 Å². The molecule has 0 unspecified atom stereocenters. The van der Waals surface area contributed by atoms with Crippen molar-refractivity contribution < 1.29 is 14.3 Å². The maximum atomic E-state index is 12.3. The highest BCUT2D eigenvalue weighted by atomic mass is 32.1. The molecule has 0 aliphatic rings. The van der Waals surface area contributed by atoms with E-state index in [9.17, 15) is 9.59 Å². The second-order valence-electron chi connectivity index (χ2n) is 7.46. The van der Waals surface area contributed by atoms with E-state index in [1.165, 1.54) is 17.6 Å². The van der Waals surface area contributed by atoms with Gasteiger partial charge in [-0.15, -0.1) is 11.3 Å². The number of hydrogen-bond acceptors (Lipinski definition) is 5. The van der Waals surface area contributed by atoms with Crippen molar-refractivity contribution >= 4 is 29.4 Å². The average Bonchev–Trinajstić information content (AvgIpc) is 3.24. The normalized spacial score (nSPS) is 11.4. The molecule has 0 bridgehead atoms. The molecule has 1 N–H and O–H groups in total. The topological polar surface area (TPSA) is 67.8 Å². The van der Waals surface area contributed by atoms with Crippen LogP contribution >= 0.6 is 11.3 Å². The van der Waals surface area contributed by atoms with Crippen molar-refractivity contribution in [2.45, 2.75) is 26.2 Å². The van der Waals surface area contributed by atoms with Crippen molar-refractivity contribution in [3.8, 4) is 5.75 Å². The number of nitrogens with one attached hydrogen (secondary N) is 1. The van der Waals surface area contributed by atoms with E-state index < -0.39 is 5.97 Å². The first-order chi connectivity index (χ1) is 13.8. The van der Waals surface area contributed by atoms with Crippen LogP contribution in [0.5, 0.6) is 5.75 Å². The third kappa shape index (κ3) is 5.62. The first-order valence-corrected chi connectivity index (χ1v) is 10.0. The Morgan fingerprint density at radius 1 is 1.00 bits per heavy atom. The molecule has 29 heavy (non-hydrogen) atoms. The molecule has 0 aliphatic carbocycles. The van der Waals surface area contributed by atoms with E-state index >= 15 is 0 Å². The average molecular weight is 407 g/mol. The Morgan fingerprint density at radius 3 is 2.28 bits per heavy atom. The molecule has 0 fully saturated rings. The predicted molar refractivity (Wildman–Crippen MR) is 116 cm³/mol. The number of carbonyl (C=O) groups is 2. The van der Waals surface area contributed by atoms with Crippen LogP contribution in [-0.4, -0.2) is 18.1 Å². The molecule has 0 radical (unpaired) electrons. The minimum atomic E-state index is -0.407. The molecule has 3 rings (SSSR count). The van der Waals surface area contributed by atoms with E-state index in [1.54, 1.807) is 42.5 Å². The van der Waals surface area contributed by atoms with Crippen LogP contribution in [0.2, 0.25) is 0 Å². The molecule has 3 aromatic rings. The van der Waals surface area contributed by atoms with Crippen molar-refractivity contribution in [2.24, 2.45) is 5.10 Å². The summed E-state index contributed by atoms with van der Waals surface area (Å²) in [5, 5.41) is 5.77. The van der Waals surface area contributed by atoms with Crippen LogP contribution in [0.1, 0.15) is 51.9 Å². The quantitative estimate of drug-likeness (QED) is 0.280. The van der Waals surface area contributed by atoms with Crippen LogP contribution in [0.15, 0.2) is 71.1 Å². The van der Waals surface area contributed by atoms with Crippen LogP contribution in [0.25, 0.3) is 0 Å². The smallest absolute Gasteiger partial charge is 0.343 e. The molecule has 0 atom stereocenters. The fourth-order valence-electron chi connectivity index (χ4n) is 2.52. The first kappa shape index (κ1) is 20.5. The monoisotopic (exact) mass is 406 g/mol. The molecule has 2 aromatic carbocycles. The van der Waals surface area contributed by atoms with Gasteiger partial charge in [0.15, 0.2) is 0 Å². The van der Waals surface area contributed by atoms with Crippen LogP contribution < -0.4 is 10.2 Å². The highest BCUT2D eigenvalue weighted by Gasteiger charge is 2.15. The zero-order chi connectivity index (χ0) is 20.9. The van der Waals surface area contributed by atoms with Gasteiger partial charge in [0.2, 0.25) is 0 Å². The van der Waals surface area contributed by atoms with Gasteiger partial charge in [-0.2, -0.15) is 5.10 Å². The van der Waals surface area contributed by atoms with E-state index in [2.05, 4.69) is 31.3 Å². The first-order valence-electron chi connectivity index (χ1n) is 9.12. The van der Waals surface area contributed by atoms with Gasteiger partial charge >= 0.3 is 5.97 Å². The number of benzene rings is 2. The van der Waals surface area contributed by atoms with Gasteiger partial charge in [0.1, 0.15) is 5.75 Å². The Kier molecular flexibility index (Phi) is 6.24. The van der Waals surface area contributed by atoms with Gasteiger partial charge in [-0.05, 0) is 64.4 Å². The second-order valence-corrected chi connectivity index (χ2v) is 8.41. The number of nitrogens with zero attached hydrogens (tertiary/aromatic N) is 1. The standard InChI is InChI=1S/C23H22N2O3S/c1-23(2,3)18-10-8-17(9-11-18)22(27)28-19-12-6-16(7-13-19)15-24-25-21(26)20-5-4-14-29-20/h4-15H,1-3H3,(H,25,26). The summed E-state index contributed by atoms with van der Waals surface area (Å²) in [6, 6.07) is 17.9. The molecule has 0 saturated carbocycles. The fraction of sp³-hybridized carbons (Fsp3) is 0.174. The minimum Gasteiger partial charge on any atom is -0.423 e. The molecule has 0 aliphatic heterocycles. The highest BCUT2D eigenvalue weighted by Crippen LogP contribution is 2.22. The lowest BCUT2D eigenvalue weighted by Crippen LogP contribution is -2.16. The number of thiophene rings is 1. The molecule has 0 spiro atoms. The molecular formula is C23H22N2O3S. The van der Waals surface area contributed by atoms with E-state index in [0.717, 1.165) is 11.1 Å². The third-order valence-corrected chi connectivity index (χ3v) is 5.07. The number of carbonyl (C=O) groups excluding carboxylic acids is 2. The lowest BCUT2D eigenvalue weighted by atomic mass is 9.87. The summed E-state index contributed by atoms with van der Waals surface area (Å²) >= 11 is 1.35. The molecule has 148 valence electrons. The number of esters is 1. The Labute approximate surface area is 174 Å². The molecule has 0 saturated heterocycles. The summed E-state index contributed by atoms with van der Waals surface area (Å²) in [6.07, 6.45) is 1.53. The van der Waals surface area contributed by atoms with Crippen LogP contribution in [0.3, 0.4) is 0 Å². The van der Waals surface area contributed by atoms with Gasteiger partial charge in [0, 0.05) is 0 Å². The van der Waals surface area contributed by atoms with Crippen molar-refractivity contribution in [1.29, 1.82) is 0 Å². The summed E-state index contributed by atoms with van der Waals surface area (Å²) in [7, 11) is 0. The molecule has 1 aromatic heterocycles. The maximum absolute atomic E-state index is 12.3.